The molecule has 1 N–H and O–H groups in total. The minimum atomic E-state index is -4.02. The second-order valence-corrected chi connectivity index (χ2v) is 10.3. The lowest BCUT2D eigenvalue weighted by Gasteiger charge is -2.17. The highest BCUT2D eigenvalue weighted by Crippen LogP contribution is 2.20. The van der Waals surface area contributed by atoms with E-state index in [0.717, 1.165) is 5.56 Å². The van der Waals surface area contributed by atoms with Gasteiger partial charge in [-0.15, -0.1) is 0 Å². The van der Waals surface area contributed by atoms with Crippen molar-refractivity contribution in [1.29, 1.82) is 0 Å². The molecule has 0 aromatic heterocycles. The number of carbonyl (C=O) groups excluding carboxylic acids is 1. The van der Waals surface area contributed by atoms with E-state index in [4.69, 9.17) is 4.74 Å². The van der Waals surface area contributed by atoms with Crippen LogP contribution in [0.4, 0.5) is 0 Å². The number of hydrogen-bond donors (Lipinski definition) is 1. The molecule has 2 aromatic carbocycles. The molecule has 8 nitrogen and oxygen atoms in total. The predicted octanol–water partition coefficient (Wildman–Crippen LogP) is 2.44. The summed E-state index contributed by atoms with van der Waals surface area (Å²) in [5.74, 6) is -0.724. The van der Waals surface area contributed by atoms with Crippen LogP contribution in [0, 0.1) is 6.92 Å². The summed E-state index contributed by atoms with van der Waals surface area (Å²) >= 11 is 0. The van der Waals surface area contributed by atoms with E-state index in [-0.39, 0.29) is 22.1 Å². The predicted molar refractivity (Wildman–Crippen MR) is 113 cm³/mol. The number of sulfone groups is 1. The summed E-state index contributed by atoms with van der Waals surface area (Å²) in [5, 5.41) is 2.40. The van der Waals surface area contributed by atoms with Gasteiger partial charge in [-0.25, -0.2) is 13.2 Å². The van der Waals surface area contributed by atoms with Crippen molar-refractivity contribution in [1.82, 2.24) is 4.83 Å². The lowest BCUT2D eigenvalue weighted by atomic mass is 10.2. The summed E-state index contributed by atoms with van der Waals surface area (Å²) in [4.78, 5) is 14.0. The summed E-state index contributed by atoms with van der Waals surface area (Å²) in [6.07, 6.45) is -0.493. The first-order valence-corrected chi connectivity index (χ1v) is 12.2. The molecule has 0 aliphatic heterocycles. The van der Waals surface area contributed by atoms with Crippen LogP contribution in [-0.4, -0.2) is 40.4 Å². The van der Waals surface area contributed by atoms with Crippen molar-refractivity contribution in [2.75, 3.05) is 6.61 Å². The first-order valence-electron chi connectivity index (χ1n) is 9.15. The Hall–Kier alpha value is -2.72. The van der Waals surface area contributed by atoms with Gasteiger partial charge in [0.25, 0.3) is 10.0 Å². The number of nitrogens with zero attached hydrogens (tertiary/aromatic N) is 1. The lowest BCUT2D eigenvalue weighted by Crippen LogP contribution is -2.34. The Bertz CT molecular complexity index is 1110. The standard InChI is InChI=1S/C20H24N2O6S2/c1-4-28-20(23)14-19(29(24,25)17-8-6-5-7-9-17)16(3)21-22-30(26,27)18-12-10-15(2)11-13-18/h5-13,19,22H,4,14H2,1-3H3/b21-16+. The molecule has 0 aliphatic rings. The molecule has 0 saturated carbocycles. The molecule has 0 fully saturated rings. The zero-order chi connectivity index (χ0) is 22.4. The van der Waals surface area contributed by atoms with Gasteiger partial charge in [0, 0.05) is 0 Å². The van der Waals surface area contributed by atoms with E-state index < -0.39 is 37.5 Å². The number of esters is 1. The number of hydrogen-bond acceptors (Lipinski definition) is 7. The van der Waals surface area contributed by atoms with Crippen LogP contribution in [0.25, 0.3) is 0 Å². The van der Waals surface area contributed by atoms with Crippen molar-refractivity contribution in [2.45, 2.75) is 42.2 Å². The van der Waals surface area contributed by atoms with Crippen LogP contribution in [-0.2, 0) is 29.4 Å². The minimum absolute atomic E-state index is 0.00441. The van der Waals surface area contributed by atoms with E-state index in [1.807, 2.05) is 11.8 Å². The smallest absolute Gasteiger partial charge is 0.307 e. The SMILES string of the molecule is CCOC(=O)CC(/C(C)=N/NS(=O)(=O)c1ccc(C)cc1)S(=O)(=O)c1ccccc1. The second-order valence-electron chi connectivity index (χ2n) is 6.52. The van der Waals surface area contributed by atoms with Gasteiger partial charge in [-0.1, -0.05) is 35.9 Å². The normalized spacial score (nSPS) is 13.5. The van der Waals surface area contributed by atoms with Crippen molar-refractivity contribution < 1.29 is 26.4 Å². The van der Waals surface area contributed by atoms with Crippen LogP contribution >= 0.6 is 0 Å². The van der Waals surface area contributed by atoms with Gasteiger partial charge >= 0.3 is 5.97 Å². The Labute approximate surface area is 176 Å². The molecule has 2 aromatic rings. The third-order valence-corrected chi connectivity index (χ3v) is 7.65. The number of hydrazone groups is 1. The summed E-state index contributed by atoms with van der Waals surface area (Å²) in [7, 11) is -8.02. The van der Waals surface area contributed by atoms with Crippen LogP contribution < -0.4 is 4.83 Å². The van der Waals surface area contributed by atoms with Crippen molar-refractivity contribution in [3.8, 4) is 0 Å². The summed E-state index contributed by atoms with van der Waals surface area (Å²) in [6.45, 7) is 4.87. The molecule has 0 amide bonds. The van der Waals surface area contributed by atoms with Crippen molar-refractivity contribution in [2.24, 2.45) is 5.10 Å². The molecule has 0 bridgehead atoms. The molecule has 0 spiro atoms. The summed E-state index contributed by atoms with van der Waals surface area (Å²) in [6, 6.07) is 13.7. The maximum atomic E-state index is 13.1. The Kier molecular flexibility index (Phi) is 7.74. The quantitative estimate of drug-likeness (QED) is 0.355. The Morgan fingerprint density at radius 2 is 1.60 bits per heavy atom. The summed E-state index contributed by atoms with van der Waals surface area (Å²) < 4.78 is 56.0. The summed E-state index contributed by atoms with van der Waals surface area (Å²) in [5.41, 5.74) is 0.805. The van der Waals surface area contributed by atoms with Gasteiger partial charge in [0.1, 0.15) is 5.25 Å². The molecular weight excluding hydrogens is 428 g/mol. The average molecular weight is 453 g/mol. The van der Waals surface area contributed by atoms with Gasteiger partial charge in [0.2, 0.25) is 0 Å². The number of rotatable bonds is 9. The number of ether oxygens (including phenoxy) is 1. The monoisotopic (exact) mass is 452 g/mol. The molecule has 2 rings (SSSR count). The van der Waals surface area contributed by atoms with Crippen LogP contribution in [0.15, 0.2) is 69.5 Å². The maximum Gasteiger partial charge on any atom is 0.307 e. The topological polar surface area (TPSA) is 119 Å². The Balaban J connectivity index is 2.37. The van der Waals surface area contributed by atoms with E-state index in [2.05, 4.69) is 5.10 Å². The van der Waals surface area contributed by atoms with Gasteiger partial charge in [-0.3, -0.25) is 4.79 Å². The molecular formula is C20H24N2O6S2. The largest absolute Gasteiger partial charge is 0.466 e. The number of sulfonamides is 1. The molecule has 10 heteroatoms. The zero-order valence-electron chi connectivity index (χ0n) is 16.9. The molecule has 0 heterocycles. The molecule has 0 aliphatic carbocycles. The van der Waals surface area contributed by atoms with Crippen LogP contribution in [0.2, 0.25) is 0 Å². The van der Waals surface area contributed by atoms with E-state index in [0.29, 0.717) is 0 Å². The molecule has 30 heavy (non-hydrogen) atoms. The third kappa shape index (κ3) is 5.90. The van der Waals surface area contributed by atoms with Gasteiger partial charge < -0.3 is 4.74 Å². The first kappa shape index (κ1) is 23.6. The molecule has 0 saturated heterocycles. The van der Waals surface area contributed by atoms with Gasteiger partial charge in [0.15, 0.2) is 9.84 Å². The number of carbonyl (C=O) groups is 1. The fraction of sp³-hybridized carbons (Fsp3) is 0.300. The highest BCUT2D eigenvalue weighted by atomic mass is 32.2. The maximum absolute atomic E-state index is 13.1. The molecule has 1 atom stereocenters. The highest BCUT2D eigenvalue weighted by Gasteiger charge is 2.33. The van der Waals surface area contributed by atoms with Crippen LogP contribution in [0.3, 0.4) is 0 Å². The van der Waals surface area contributed by atoms with E-state index in [9.17, 15) is 21.6 Å². The van der Waals surface area contributed by atoms with E-state index in [1.54, 1.807) is 37.3 Å². The van der Waals surface area contributed by atoms with Crippen molar-refractivity contribution in [3.05, 3.63) is 60.2 Å². The van der Waals surface area contributed by atoms with Crippen LogP contribution in [0.5, 0.6) is 0 Å². The lowest BCUT2D eigenvalue weighted by molar-refractivity contribution is -0.142. The van der Waals surface area contributed by atoms with Gasteiger partial charge in [-0.2, -0.15) is 13.5 Å². The highest BCUT2D eigenvalue weighted by molar-refractivity contribution is 7.93. The van der Waals surface area contributed by atoms with Gasteiger partial charge in [-0.05, 0) is 45.0 Å². The molecule has 162 valence electrons. The molecule has 1 unspecified atom stereocenters. The van der Waals surface area contributed by atoms with Crippen LogP contribution in [0.1, 0.15) is 25.8 Å². The first-order chi connectivity index (χ1) is 14.1. The molecule has 0 radical (unpaired) electrons. The minimum Gasteiger partial charge on any atom is -0.466 e. The Morgan fingerprint density at radius 3 is 2.17 bits per heavy atom. The average Bonchev–Trinajstić information content (AvgIpc) is 2.71. The van der Waals surface area contributed by atoms with Gasteiger partial charge in [0.05, 0.1) is 28.5 Å². The number of benzene rings is 2. The Morgan fingerprint density at radius 1 is 1.00 bits per heavy atom. The van der Waals surface area contributed by atoms with Crippen molar-refractivity contribution >= 4 is 31.5 Å². The zero-order valence-corrected chi connectivity index (χ0v) is 18.5. The van der Waals surface area contributed by atoms with E-state index in [1.165, 1.54) is 31.2 Å². The van der Waals surface area contributed by atoms with E-state index >= 15 is 0 Å². The second kappa shape index (κ2) is 9.86. The van der Waals surface area contributed by atoms with Crippen molar-refractivity contribution in [3.63, 3.8) is 0 Å². The fourth-order valence-corrected chi connectivity index (χ4v) is 5.19. The fourth-order valence-electron chi connectivity index (χ4n) is 2.60. The number of nitrogens with one attached hydrogen (secondary N) is 1. The number of aryl methyl sites for hydroxylation is 1. The third-order valence-electron chi connectivity index (χ3n) is 4.24.